The van der Waals surface area contributed by atoms with Gasteiger partial charge in [-0.05, 0) is 43.0 Å². The molecule has 1 fully saturated rings. The van der Waals surface area contributed by atoms with Gasteiger partial charge in [0.05, 0.1) is 18.2 Å². The highest BCUT2D eigenvalue weighted by Crippen LogP contribution is 2.34. The molecule has 1 aliphatic heterocycles. The van der Waals surface area contributed by atoms with E-state index in [9.17, 15) is 18.0 Å². The summed E-state index contributed by atoms with van der Waals surface area (Å²) in [7, 11) is 1.17. The van der Waals surface area contributed by atoms with Gasteiger partial charge >= 0.3 is 12.1 Å². The van der Waals surface area contributed by atoms with Crippen molar-refractivity contribution < 1.29 is 22.7 Å². The van der Waals surface area contributed by atoms with Crippen LogP contribution in [-0.4, -0.2) is 26.2 Å². The highest BCUT2D eigenvalue weighted by molar-refractivity contribution is 5.91. The first-order valence-electron chi connectivity index (χ1n) is 6.43. The van der Waals surface area contributed by atoms with E-state index in [0.29, 0.717) is 12.1 Å². The summed E-state index contributed by atoms with van der Waals surface area (Å²) in [5.74, 6) is -0.684. The van der Waals surface area contributed by atoms with Crippen LogP contribution in [0.1, 0.15) is 40.2 Å². The first-order chi connectivity index (χ1) is 9.43. The summed E-state index contributed by atoms with van der Waals surface area (Å²) in [5, 5.41) is 3.19. The minimum absolute atomic E-state index is 0.0102. The molecule has 1 unspecified atom stereocenters. The van der Waals surface area contributed by atoms with E-state index < -0.39 is 17.7 Å². The maximum Gasteiger partial charge on any atom is 0.416 e. The minimum atomic E-state index is -4.47. The van der Waals surface area contributed by atoms with E-state index in [2.05, 4.69) is 10.1 Å². The Hall–Kier alpha value is -1.56. The number of esters is 1. The Labute approximate surface area is 115 Å². The normalized spacial score (nSPS) is 19.7. The zero-order valence-electron chi connectivity index (χ0n) is 11.1. The van der Waals surface area contributed by atoms with Crippen LogP contribution in [0.5, 0.6) is 0 Å². The number of methoxy groups -OCH3 is 1. The summed E-state index contributed by atoms with van der Waals surface area (Å²) in [6, 6.07) is 3.30. The van der Waals surface area contributed by atoms with Crippen molar-refractivity contribution in [1.29, 1.82) is 0 Å². The number of rotatable bonds is 2. The van der Waals surface area contributed by atoms with Gasteiger partial charge in [0.25, 0.3) is 0 Å². The molecule has 0 aliphatic carbocycles. The van der Waals surface area contributed by atoms with Crippen molar-refractivity contribution >= 4 is 5.97 Å². The average molecular weight is 287 g/mol. The number of carbonyl (C=O) groups is 1. The maximum absolute atomic E-state index is 12.7. The number of nitrogens with one attached hydrogen (secondary N) is 1. The number of carbonyl (C=O) groups excluding carboxylic acids is 1. The molecule has 1 heterocycles. The van der Waals surface area contributed by atoms with Crippen LogP contribution in [0.15, 0.2) is 18.2 Å². The molecule has 0 saturated carbocycles. The third-order valence-electron chi connectivity index (χ3n) is 3.52. The van der Waals surface area contributed by atoms with Gasteiger partial charge in [0.15, 0.2) is 0 Å². The first kappa shape index (κ1) is 14.8. The molecule has 1 atom stereocenters. The number of alkyl halides is 3. The monoisotopic (exact) mass is 287 g/mol. The van der Waals surface area contributed by atoms with E-state index in [1.54, 1.807) is 0 Å². The van der Waals surface area contributed by atoms with Gasteiger partial charge in [-0.3, -0.25) is 0 Å². The molecule has 1 aromatic carbocycles. The molecule has 110 valence electrons. The fraction of sp³-hybridized carbons (Fsp3) is 0.500. The zero-order chi connectivity index (χ0) is 14.8. The van der Waals surface area contributed by atoms with Crippen molar-refractivity contribution in [3.63, 3.8) is 0 Å². The van der Waals surface area contributed by atoms with Crippen molar-refractivity contribution in [3.8, 4) is 0 Å². The Bertz CT molecular complexity index is 494. The summed E-state index contributed by atoms with van der Waals surface area (Å²) in [5.41, 5.74) is -0.196. The van der Waals surface area contributed by atoms with Crippen LogP contribution >= 0.6 is 0 Å². The molecule has 0 amide bonds. The summed E-state index contributed by atoms with van der Waals surface area (Å²) < 4.78 is 42.8. The predicted molar refractivity (Wildman–Crippen MR) is 67.6 cm³/mol. The number of benzene rings is 1. The minimum Gasteiger partial charge on any atom is -0.465 e. The summed E-state index contributed by atoms with van der Waals surface area (Å²) in [4.78, 5) is 11.7. The molecule has 0 bridgehead atoms. The molecule has 20 heavy (non-hydrogen) atoms. The van der Waals surface area contributed by atoms with Gasteiger partial charge in [-0.15, -0.1) is 0 Å². The predicted octanol–water partition coefficient (Wildman–Crippen LogP) is 2.96. The topological polar surface area (TPSA) is 38.3 Å². The third kappa shape index (κ3) is 3.12. The van der Waals surface area contributed by atoms with Crippen LogP contribution in [-0.2, 0) is 10.9 Å². The molecule has 1 saturated heterocycles. The maximum atomic E-state index is 12.7. The Morgan fingerprint density at radius 3 is 2.70 bits per heavy atom. The van der Waals surface area contributed by atoms with Crippen LogP contribution in [0.3, 0.4) is 0 Å². The highest BCUT2D eigenvalue weighted by Gasteiger charge is 2.33. The van der Waals surface area contributed by atoms with Crippen molar-refractivity contribution in [2.24, 2.45) is 0 Å². The Kier molecular flexibility index (Phi) is 4.32. The van der Waals surface area contributed by atoms with Crippen molar-refractivity contribution in [2.75, 3.05) is 20.2 Å². The van der Waals surface area contributed by atoms with E-state index in [1.807, 2.05) is 0 Å². The Balaban J connectivity index is 2.42. The Morgan fingerprint density at radius 2 is 2.15 bits per heavy atom. The molecule has 1 N–H and O–H groups in total. The summed E-state index contributed by atoms with van der Waals surface area (Å²) >= 11 is 0. The number of piperidine rings is 1. The van der Waals surface area contributed by atoms with Crippen molar-refractivity contribution in [3.05, 3.63) is 34.9 Å². The number of ether oxygens (including phenoxy) is 1. The standard InChI is InChI=1S/C14H16F3NO2/c1-20-13(19)12-7-10(14(15,16)17)4-5-11(12)9-3-2-6-18-8-9/h4-5,7,9,18H,2-3,6,8H2,1H3. The average Bonchev–Trinajstić information content (AvgIpc) is 2.45. The van der Waals surface area contributed by atoms with Crippen LogP contribution < -0.4 is 5.32 Å². The molecule has 0 aromatic heterocycles. The second-order valence-corrected chi connectivity index (χ2v) is 4.83. The fourth-order valence-corrected chi connectivity index (χ4v) is 2.49. The molecule has 3 nitrogen and oxygen atoms in total. The fourth-order valence-electron chi connectivity index (χ4n) is 2.49. The van der Waals surface area contributed by atoms with Gasteiger partial charge in [0, 0.05) is 6.54 Å². The van der Waals surface area contributed by atoms with E-state index in [4.69, 9.17) is 0 Å². The summed E-state index contributed by atoms with van der Waals surface area (Å²) in [6.07, 6.45) is -2.68. The van der Waals surface area contributed by atoms with Gasteiger partial charge in [-0.2, -0.15) is 13.2 Å². The quantitative estimate of drug-likeness (QED) is 0.850. The zero-order valence-corrected chi connectivity index (χ0v) is 11.1. The van der Waals surface area contributed by atoms with Gasteiger partial charge in [0.1, 0.15) is 0 Å². The molecule has 0 spiro atoms. The molecule has 2 rings (SSSR count). The number of hydrogen-bond donors (Lipinski definition) is 1. The molecule has 1 aliphatic rings. The lowest BCUT2D eigenvalue weighted by Crippen LogP contribution is -2.29. The van der Waals surface area contributed by atoms with E-state index >= 15 is 0 Å². The van der Waals surface area contributed by atoms with Crippen LogP contribution in [0.2, 0.25) is 0 Å². The van der Waals surface area contributed by atoms with Gasteiger partial charge in [-0.25, -0.2) is 4.79 Å². The largest absolute Gasteiger partial charge is 0.465 e. The number of halogens is 3. The van der Waals surface area contributed by atoms with Crippen molar-refractivity contribution in [1.82, 2.24) is 5.32 Å². The van der Waals surface area contributed by atoms with E-state index in [1.165, 1.54) is 13.2 Å². The highest BCUT2D eigenvalue weighted by atomic mass is 19.4. The lowest BCUT2D eigenvalue weighted by atomic mass is 9.87. The lowest BCUT2D eigenvalue weighted by molar-refractivity contribution is -0.137. The second-order valence-electron chi connectivity index (χ2n) is 4.83. The second kappa shape index (κ2) is 5.83. The molecular weight excluding hydrogens is 271 g/mol. The van der Waals surface area contributed by atoms with Gasteiger partial charge < -0.3 is 10.1 Å². The van der Waals surface area contributed by atoms with Crippen molar-refractivity contribution in [2.45, 2.75) is 24.9 Å². The third-order valence-corrected chi connectivity index (χ3v) is 3.52. The number of hydrogen-bond acceptors (Lipinski definition) is 3. The van der Waals surface area contributed by atoms with Crippen LogP contribution in [0, 0.1) is 0 Å². The molecule has 0 radical (unpaired) electrons. The van der Waals surface area contributed by atoms with Crippen LogP contribution in [0.4, 0.5) is 13.2 Å². The first-order valence-corrected chi connectivity index (χ1v) is 6.43. The van der Waals surface area contributed by atoms with Gasteiger partial charge in [0.2, 0.25) is 0 Å². The SMILES string of the molecule is COC(=O)c1cc(C(F)(F)F)ccc1C1CCCNC1. The van der Waals surface area contributed by atoms with Gasteiger partial charge in [-0.1, -0.05) is 6.07 Å². The van der Waals surface area contributed by atoms with E-state index in [0.717, 1.165) is 31.5 Å². The molecular formula is C14H16F3NO2. The van der Waals surface area contributed by atoms with Crippen LogP contribution in [0.25, 0.3) is 0 Å². The lowest BCUT2D eigenvalue weighted by Gasteiger charge is -2.25. The molecule has 1 aromatic rings. The Morgan fingerprint density at radius 1 is 1.40 bits per heavy atom. The smallest absolute Gasteiger partial charge is 0.416 e. The summed E-state index contributed by atoms with van der Waals surface area (Å²) in [6.45, 7) is 1.56. The van der Waals surface area contributed by atoms with E-state index in [-0.39, 0.29) is 11.5 Å². The molecule has 6 heteroatoms.